The summed E-state index contributed by atoms with van der Waals surface area (Å²) in [6.07, 6.45) is 1.81. The van der Waals surface area contributed by atoms with Gasteiger partial charge < -0.3 is 0 Å². The van der Waals surface area contributed by atoms with Crippen molar-refractivity contribution in [3.05, 3.63) is 23.3 Å². The predicted molar refractivity (Wildman–Crippen MR) is 43.6 cm³/mol. The highest BCUT2D eigenvalue weighted by Gasteiger charge is 1.99. The summed E-state index contributed by atoms with van der Waals surface area (Å²) in [5.74, 6) is 0.486. The van der Waals surface area contributed by atoms with Crippen molar-refractivity contribution >= 4 is 11.6 Å². The lowest BCUT2D eigenvalue weighted by Gasteiger charge is -2.05. The van der Waals surface area contributed by atoms with Crippen LogP contribution < -0.4 is 0 Å². The molecule has 0 aliphatic heterocycles. The van der Waals surface area contributed by atoms with Crippen LogP contribution in [0.3, 0.4) is 0 Å². The van der Waals surface area contributed by atoms with Gasteiger partial charge in [-0.2, -0.15) is 0 Å². The smallest absolute Gasteiger partial charge is 0.0184 e. The third-order valence-corrected chi connectivity index (χ3v) is 1.46. The third kappa shape index (κ3) is 2.71. The van der Waals surface area contributed by atoms with Gasteiger partial charge in [0.25, 0.3) is 0 Å². The molecule has 0 atom stereocenters. The topological polar surface area (TPSA) is 0 Å². The lowest BCUT2D eigenvalue weighted by atomic mass is 10.0. The Balaban J connectivity index is 4.34. The van der Waals surface area contributed by atoms with E-state index in [1.807, 2.05) is 13.0 Å². The lowest BCUT2D eigenvalue weighted by Crippen LogP contribution is -1.90. The molecule has 0 N–H and O–H groups in total. The molecule has 0 radical (unpaired) electrons. The van der Waals surface area contributed by atoms with Gasteiger partial charge in [0.1, 0.15) is 0 Å². The molecular formula is C8H13Cl. The van der Waals surface area contributed by atoms with E-state index in [9.17, 15) is 0 Å². The van der Waals surface area contributed by atoms with Crippen molar-refractivity contribution in [1.82, 2.24) is 0 Å². The van der Waals surface area contributed by atoms with Crippen LogP contribution in [0.5, 0.6) is 0 Å². The average molecular weight is 145 g/mol. The Bertz CT molecular complexity index is 128. The van der Waals surface area contributed by atoms with E-state index >= 15 is 0 Å². The highest BCUT2D eigenvalue weighted by molar-refractivity contribution is 6.29. The van der Waals surface area contributed by atoms with Crippen molar-refractivity contribution in [3.8, 4) is 0 Å². The SMILES string of the molecule is C=C/C(=C(\C)Cl)C(C)C. The standard InChI is InChI=1S/C8H13Cl/c1-5-8(6(2)3)7(4)9/h5-6H,1H2,2-4H3/b8-7-. The Hall–Kier alpha value is -0.230. The molecule has 9 heavy (non-hydrogen) atoms. The van der Waals surface area contributed by atoms with Gasteiger partial charge in [0.05, 0.1) is 0 Å². The number of halogens is 1. The molecule has 1 heteroatoms. The molecule has 0 bridgehead atoms. The number of allylic oxidation sites excluding steroid dienone is 3. The van der Waals surface area contributed by atoms with Crippen molar-refractivity contribution in [2.24, 2.45) is 5.92 Å². The van der Waals surface area contributed by atoms with E-state index in [2.05, 4.69) is 20.4 Å². The second-order valence-electron chi connectivity index (χ2n) is 2.35. The molecular weight excluding hydrogens is 132 g/mol. The van der Waals surface area contributed by atoms with Gasteiger partial charge in [-0.15, -0.1) is 0 Å². The molecule has 0 aromatic heterocycles. The molecule has 0 rings (SSSR count). The summed E-state index contributed by atoms with van der Waals surface area (Å²) in [7, 11) is 0. The maximum Gasteiger partial charge on any atom is 0.0184 e. The number of hydrogen-bond acceptors (Lipinski definition) is 0. The summed E-state index contributed by atoms with van der Waals surface area (Å²) in [4.78, 5) is 0. The van der Waals surface area contributed by atoms with E-state index in [0.717, 1.165) is 10.6 Å². The Kier molecular flexibility index (Phi) is 3.64. The van der Waals surface area contributed by atoms with E-state index < -0.39 is 0 Å². The van der Waals surface area contributed by atoms with Crippen LogP contribution in [-0.4, -0.2) is 0 Å². The summed E-state index contributed by atoms with van der Waals surface area (Å²) < 4.78 is 0. The molecule has 0 aromatic carbocycles. The lowest BCUT2D eigenvalue weighted by molar-refractivity contribution is 0.787. The molecule has 0 aromatic rings. The third-order valence-electron chi connectivity index (χ3n) is 1.24. The minimum atomic E-state index is 0.486. The van der Waals surface area contributed by atoms with Crippen LogP contribution in [0.2, 0.25) is 0 Å². The molecule has 0 amide bonds. The fourth-order valence-electron chi connectivity index (χ4n) is 0.774. The van der Waals surface area contributed by atoms with Gasteiger partial charge >= 0.3 is 0 Å². The number of rotatable bonds is 2. The predicted octanol–water partition coefficient (Wildman–Crippen LogP) is 3.34. The number of hydrogen-bond donors (Lipinski definition) is 0. The summed E-state index contributed by atoms with van der Waals surface area (Å²) in [6, 6.07) is 0. The molecule has 0 aliphatic rings. The molecule has 0 saturated carbocycles. The fraction of sp³-hybridized carbons (Fsp3) is 0.500. The van der Waals surface area contributed by atoms with Crippen LogP contribution in [0.15, 0.2) is 23.3 Å². The molecule has 0 unspecified atom stereocenters. The maximum atomic E-state index is 5.75. The summed E-state index contributed by atoms with van der Waals surface area (Å²) >= 11 is 5.75. The molecule has 0 spiro atoms. The molecule has 52 valence electrons. The first-order valence-corrected chi connectivity index (χ1v) is 3.46. The van der Waals surface area contributed by atoms with E-state index in [0.29, 0.717) is 5.92 Å². The van der Waals surface area contributed by atoms with Crippen LogP contribution in [0, 0.1) is 5.92 Å². The maximum absolute atomic E-state index is 5.75. The molecule has 0 fully saturated rings. The van der Waals surface area contributed by atoms with E-state index in [1.54, 1.807) is 0 Å². The monoisotopic (exact) mass is 144 g/mol. The van der Waals surface area contributed by atoms with Gasteiger partial charge in [0.15, 0.2) is 0 Å². The highest BCUT2D eigenvalue weighted by Crippen LogP contribution is 2.17. The first-order valence-electron chi connectivity index (χ1n) is 3.08. The van der Waals surface area contributed by atoms with E-state index in [1.165, 1.54) is 0 Å². The van der Waals surface area contributed by atoms with Gasteiger partial charge in [-0.05, 0) is 18.4 Å². The van der Waals surface area contributed by atoms with Crippen LogP contribution in [0.1, 0.15) is 20.8 Å². The zero-order valence-electron chi connectivity index (χ0n) is 6.24. The van der Waals surface area contributed by atoms with Gasteiger partial charge in [0.2, 0.25) is 0 Å². The van der Waals surface area contributed by atoms with Crippen molar-refractivity contribution in [1.29, 1.82) is 0 Å². The Morgan fingerprint density at radius 2 is 2.00 bits per heavy atom. The van der Waals surface area contributed by atoms with Crippen LogP contribution in [0.4, 0.5) is 0 Å². The Morgan fingerprint density at radius 1 is 1.56 bits per heavy atom. The van der Waals surface area contributed by atoms with Crippen molar-refractivity contribution in [2.45, 2.75) is 20.8 Å². The van der Waals surface area contributed by atoms with E-state index in [4.69, 9.17) is 11.6 Å². The minimum absolute atomic E-state index is 0.486. The van der Waals surface area contributed by atoms with Gasteiger partial charge in [0, 0.05) is 5.03 Å². The molecule has 0 heterocycles. The van der Waals surface area contributed by atoms with Crippen molar-refractivity contribution < 1.29 is 0 Å². The van der Waals surface area contributed by atoms with Crippen LogP contribution in [0.25, 0.3) is 0 Å². The average Bonchev–Trinajstić information content (AvgIpc) is 1.64. The summed E-state index contributed by atoms with van der Waals surface area (Å²) in [5.41, 5.74) is 1.14. The zero-order chi connectivity index (χ0) is 7.44. The van der Waals surface area contributed by atoms with Gasteiger partial charge in [-0.1, -0.05) is 38.1 Å². The van der Waals surface area contributed by atoms with Gasteiger partial charge in [-0.3, -0.25) is 0 Å². The second-order valence-corrected chi connectivity index (χ2v) is 2.91. The minimum Gasteiger partial charge on any atom is -0.0987 e. The second kappa shape index (κ2) is 3.73. The molecule has 0 nitrogen and oxygen atoms in total. The van der Waals surface area contributed by atoms with Crippen molar-refractivity contribution in [2.75, 3.05) is 0 Å². The summed E-state index contributed by atoms with van der Waals surface area (Å²) in [5, 5.41) is 0.847. The Morgan fingerprint density at radius 3 is 2.00 bits per heavy atom. The zero-order valence-corrected chi connectivity index (χ0v) is 7.00. The Labute approximate surface area is 62.2 Å². The first kappa shape index (κ1) is 8.77. The van der Waals surface area contributed by atoms with E-state index in [-0.39, 0.29) is 0 Å². The largest absolute Gasteiger partial charge is 0.0987 e. The quantitative estimate of drug-likeness (QED) is 0.522. The molecule has 0 saturated heterocycles. The first-order chi connectivity index (χ1) is 4.09. The van der Waals surface area contributed by atoms with Crippen molar-refractivity contribution in [3.63, 3.8) is 0 Å². The van der Waals surface area contributed by atoms with Crippen LogP contribution in [-0.2, 0) is 0 Å². The summed E-state index contributed by atoms with van der Waals surface area (Å²) in [6.45, 7) is 9.75. The fourth-order valence-corrected chi connectivity index (χ4v) is 1.07. The van der Waals surface area contributed by atoms with Gasteiger partial charge in [-0.25, -0.2) is 0 Å². The highest BCUT2D eigenvalue weighted by atomic mass is 35.5. The van der Waals surface area contributed by atoms with Crippen LogP contribution >= 0.6 is 11.6 Å². The molecule has 0 aliphatic carbocycles. The normalized spacial score (nSPS) is 13.4.